The van der Waals surface area contributed by atoms with Gasteiger partial charge in [-0.15, -0.1) is 0 Å². The summed E-state index contributed by atoms with van der Waals surface area (Å²) in [4.78, 5) is 34.8. The molecule has 7 nitrogen and oxygen atoms in total. The fourth-order valence-corrected chi connectivity index (χ4v) is 3.57. The first-order chi connectivity index (χ1) is 12.2. The van der Waals surface area contributed by atoms with Gasteiger partial charge in [0, 0.05) is 35.9 Å². The zero-order chi connectivity index (χ0) is 19.3. The Morgan fingerprint density at radius 3 is 2.08 bits per heavy atom. The van der Waals surface area contributed by atoms with E-state index in [-0.39, 0.29) is 35.4 Å². The topological polar surface area (TPSA) is 111 Å². The molecular formula is C18H17NO6S. The SMILES string of the molecule is CS(=O)(=O)[C@@H](CCC(=O)c1ccc([N+](=O)[O-])cc1)C(=O)c1ccccc1. The highest BCUT2D eigenvalue weighted by atomic mass is 32.2. The first kappa shape index (κ1) is 19.5. The van der Waals surface area contributed by atoms with E-state index in [1.54, 1.807) is 18.2 Å². The number of non-ortho nitro benzene ring substituents is 1. The molecule has 0 bridgehead atoms. The fourth-order valence-electron chi connectivity index (χ4n) is 2.50. The van der Waals surface area contributed by atoms with Crippen molar-refractivity contribution in [3.8, 4) is 0 Å². The minimum absolute atomic E-state index is 0.144. The van der Waals surface area contributed by atoms with Crippen LogP contribution in [0.15, 0.2) is 54.6 Å². The molecule has 0 radical (unpaired) electrons. The second kappa shape index (κ2) is 8.01. The molecule has 2 aromatic rings. The average Bonchev–Trinajstić information content (AvgIpc) is 2.61. The van der Waals surface area contributed by atoms with Gasteiger partial charge >= 0.3 is 0 Å². The van der Waals surface area contributed by atoms with Gasteiger partial charge in [-0.2, -0.15) is 0 Å². The largest absolute Gasteiger partial charge is 0.294 e. The predicted molar refractivity (Wildman–Crippen MR) is 96.1 cm³/mol. The van der Waals surface area contributed by atoms with Crippen molar-refractivity contribution < 1.29 is 22.9 Å². The Labute approximate surface area is 150 Å². The van der Waals surface area contributed by atoms with E-state index in [1.807, 2.05) is 0 Å². The van der Waals surface area contributed by atoms with E-state index >= 15 is 0 Å². The number of hydrogen-bond donors (Lipinski definition) is 0. The third-order valence-electron chi connectivity index (χ3n) is 3.90. The summed E-state index contributed by atoms with van der Waals surface area (Å²) in [5, 5.41) is 9.32. The van der Waals surface area contributed by atoms with Crippen LogP contribution in [0, 0.1) is 10.1 Å². The molecule has 26 heavy (non-hydrogen) atoms. The van der Waals surface area contributed by atoms with Crippen molar-refractivity contribution in [2.75, 3.05) is 6.26 Å². The van der Waals surface area contributed by atoms with E-state index in [0.29, 0.717) is 0 Å². The van der Waals surface area contributed by atoms with Gasteiger partial charge in [-0.1, -0.05) is 30.3 Å². The number of nitro benzene ring substituents is 1. The summed E-state index contributed by atoms with van der Waals surface area (Å²) in [5.41, 5.74) is 0.357. The first-order valence-corrected chi connectivity index (χ1v) is 9.71. The van der Waals surface area contributed by atoms with Gasteiger partial charge in [0.05, 0.1) is 4.92 Å². The van der Waals surface area contributed by atoms with E-state index in [0.717, 1.165) is 6.26 Å². The molecule has 0 aromatic heterocycles. The van der Waals surface area contributed by atoms with Crippen LogP contribution in [0.25, 0.3) is 0 Å². The molecule has 2 rings (SSSR count). The van der Waals surface area contributed by atoms with Gasteiger partial charge in [0.25, 0.3) is 5.69 Å². The molecule has 8 heteroatoms. The number of carbonyl (C=O) groups excluding carboxylic acids is 2. The summed E-state index contributed by atoms with van der Waals surface area (Å²) in [7, 11) is -3.70. The van der Waals surface area contributed by atoms with E-state index in [4.69, 9.17) is 0 Å². The van der Waals surface area contributed by atoms with E-state index in [1.165, 1.54) is 36.4 Å². The Kier molecular flexibility index (Phi) is 5.99. The smallest absolute Gasteiger partial charge is 0.269 e. The summed E-state index contributed by atoms with van der Waals surface area (Å²) < 4.78 is 24.0. The normalized spacial score (nSPS) is 12.3. The maximum Gasteiger partial charge on any atom is 0.269 e. The van der Waals surface area contributed by atoms with Crippen LogP contribution in [-0.2, 0) is 9.84 Å². The van der Waals surface area contributed by atoms with Crippen molar-refractivity contribution in [2.24, 2.45) is 0 Å². The van der Waals surface area contributed by atoms with Crippen molar-refractivity contribution >= 4 is 27.1 Å². The zero-order valence-corrected chi connectivity index (χ0v) is 14.8. The van der Waals surface area contributed by atoms with Crippen LogP contribution in [0.5, 0.6) is 0 Å². The summed E-state index contributed by atoms with van der Waals surface area (Å²) in [6.45, 7) is 0. The fraction of sp³-hybridized carbons (Fsp3) is 0.222. The summed E-state index contributed by atoms with van der Waals surface area (Å²) in [5.74, 6) is -0.931. The number of carbonyl (C=O) groups is 2. The Hall–Kier alpha value is -2.87. The van der Waals surface area contributed by atoms with Gasteiger partial charge < -0.3 is 0 Å². The number of nitrogens with zero attached hydrogens (tertiary/aromatic N) is 1. The molecule has 0 amide bonds. The second-order valence-corrected chi connectivity index (χ2v) is 8.04. The number of hydrogen-bond acceptors (Lipinski definition) is 6. The van der Waals surface area contributed by atoms with Gasteiger partial charge in [0.15, 0.2) is 21.4 Å². The van der Waals surface area contributed by atoms with Crippen LogP contribution >= 0.6 is 0 Å². The molecule has 0 unspecified atom stereocenters. The zero-order valence-electron chi connectivity index (χ0n) is 14.0. The molecule has 0 saturated carbocycles. The lowest BCUT2D eigenvalue weighted by molar-refractivity contribution is -0.384. The molecule has 2 aromatic carbocycles. The standard InChI is InChI=1S/C18H17NO6S/c1-26(24,25)17(18(21)14-5-3-2-4-6-14)12-11-16(20)13-7-9-15(10-8-13)19(22)23/h2-10,17H,11-12H2,1H3/t17-/m0/s1. The number of sulfone groups is 1. The molecule has 0 N–H and O–H groups in total. The van der Waals surface area contributed by atoms with Gasteiger partial charge in [-0.25, -0.2) is 8.42 Å². The van der Waals surface area contributed by atoms with Gasteiger partial charge in [-0.05, 0) is 18.6 Å². The van der Waals surface area contributed by atoms with Crippen LogP contribution in [0.2, 0.25) is 0 Å². The Morgan fingerprint density at radius 1 is 1.00 bits per heavy atom. The van der Waals surface area contributed by atoms with Crippen LogP contribution in [-0.4, -0.2) is 36.4 Å². The third-order valence-corrected chi connectivity index (χ3v) is 5.38. The minimum atomic E-state index is -3.70. The van der Waals surface area contributed by atoms with Crippen molar-refractivity contribution in [2.45, 2.75) is 18.1 Å². The summed E-state index contributed by atoms with van der Waals surface area (Å²) in [6, 6.07) is 13.1. The van der Waals surface area contributed by atoms with Gasteiger partial charge in [0.2, 0.25) is 0 Å². The van der Waals surface area contributed by atoms with Crippen LogP contribution in [0.3, 0.4) is 0 Å². The molecule has 0 heterocycles. The van der Waals surface area contributed by atoms with Crippen LogP contribution < -0.4 is 0 Å². The van der Waals surface area contributed by atoms with Crippen molar-refractivity contribution in [1.29, 1.82) is 0 Å². The predicted octanol–water partition coefficient (Wildman–Crippen LogP) is 2.85. The number of rotatable bonds is 8. The Morgan fingerprint density at radius 2 is 1.58 bits per heavy atom. The lowest BCUT2D eigenvalue weighted by atomic mass is 10.0. The molecule has 0 saturated heterocycles. The quantitative estimate of drug-likeness (QED) is 0.398. The maximum atomic E-state index is 12.5. The van der Waals surface area contributed by atoms with E-state index < -0.39 is 25.8 Å². The first-order valence-electron chi connectivity index (χ1n) is 7.76. The molecule has 136 valence electrons. The van der Waals surface area contributed by atoms with Gasteiger partial charge in [-0.3, -0.25) is 19.7 Å². The molecular weight excluding hydrogens is 358 g/mol. The number of nitro groups is 1. The molecule has 1 atom stereocenters. The Balaban J connectivity index is 2.13. The summed E-state index contributed by atoms with van der Waals surface area (Å²) in [6.07, 6.45) is 0.658. The lowest BCUT2D eigenvalue weighted by Gasteiger charge is -2.13. The van der Waals surface area contributed by atoms with Gasteiger partial charge in [0.1, 0.15) is 5.25 Å². The van der Waals surface area contributed by atoms with Crippen molar-refractivity contribution in [1.82, 2.24) is 0 Å². The number of Topliss-reactive ketones (excluding diaryl/α,β-unsaturated/α-hetero) is 2. The number of benzene rings is 2. The average molecular weight is 375 g/mol. The number of ketones is 2. The van der Waals surface area contributed by atoms with Crippen molar-refractivity contribution in [3.63, 3.8) is 0 Å². The molecule has 0 aliphatic heterocycles. The lowest BCUT2D eigenvalue weighted by Crippen LogP contribution is -2.30. The minimum Gasteiger partial charge on any atom is -0.294 e. The molecule has 0 aliphatic rings. The highest BCUT2D eigenvalue weighted by Crippen LogP contribution is 2.18. The van der Waals surface area contributed by atoms with Crippen LogP contribution in [0.4, 0.5) is 5.69 Å². The van der Waals surface area contributed by atoms with E-state index in [9.17, 15) is 28.1 Å². The highest BCUT2D eigenvalue weighted by molar-refractivity contribution is 7.92. The Bertz CT molecular complexity index is 920. The molecule has 0 fully saturated rings. The summed E-state index contributed by atoms with van der Waals surface area (Å²) >= 11 is 0. The third kappa shape index (κ3) is 4.82. The van der Waals surface area contributed by atoms with E-state index in [2.05, 4.69) is 0 Å². The molecule has 0 aliphatic carbocycles. The maximum absolute atomic E-state index is 12.5. The monoisotopic (exact) mass is 375 g/mol. The molecule has 0 spiro atoms. The van der Waals surface area contributed by atoms with Crippen molar-refractivity contribution in [3.05, 3.63) is 75.8 Å². The second-order valence-electron chi connectivity index (χ2n) is 5.81. The highest BCUT2D eigenvalue weighted by Gasteiger charge is 2.30. The van der Waals surface area contributed by atoms with Crippen LogP contribution in [0.1, 0.15) is 33.6 Å².